The molecule has 136 valence electrons. The van der Waals surface area contributed by atoms with Gasteiger partial charge in [-0.05, 0) is 64.8 Å². The van der Waals surface area contributed by atoms with Gasteiger partial charge in [-0.25, -0.2) is 4.79 Å². The molecule has 1 N–H and O–H groups in total. The van der Waals surface area contributed by atoms with Crippen molar-refractivity contribution in [1.29, 1.82) is 0 Å². The van der Waals surface area contributed by atoms with Crippen LogP contribution in [0, 0.1) is 5.92 Å². The maximum Gasteiger partial charge on any atom is 0.317 e. The molecule has 4 fully saturated rings. The van der Waals surface area contributed by atoms with E-state index >= 15 is 0 Å². The Hall–Kier alpha value is -0.810. The van der Waals surface area contributed by atoms with Crippen molar-refractivity contribution < 1.29 is 4.79 Å². The number of rotatable bonds is 4. The summed E-state index contributed by atoms with van der Waals surface area (Å²) in [6.45, 7) is 9.73. The molecule has 2 amide bonds. The van der Waals surface area contributed by atoms with Crippen molar-refractivity contribution in [2.45, 2.75) is 76.5 Å². The number of fused-ring (bicyclic) bond motifs is 2. The van der Waals surface area contributed by atoms with Gasteiger partial charge in [0.05, 0.1) is 0 Å². The highest BCUT2D eigenvalue weighted by molar-refractivity contribution is 5.74. The maximum absolute atomic E-state index is 12.7. The summed E-state index contributed by atoms with van der Waals surface area (Å²) in [4.78, 5) is 20.1. The summed E-state index contributed by atoms with van der Waals surface area (Å²) in [6, 6.07) is 2.90. The first-order valence-electron chi connectivity index (χ1n) is 10.2. The molecule has 3 aliphatic heterocycles. The first kappa shape index (κ1) is 16.6. The van der Waals surface area contributed by atoms with E-state index in [1.807, 2.05) is 0 Å². The Bertz CT molecular complexity index is 464. The summed E-state index contributed by atoms with van der Waals surface area (Å²) >= 11 is 0. The minimum absolute atomic E-state index is 0.177. The largest absolute Gasteiger partial charge is 0.338 e. The van der Waals surface area contributed by atoms with Crippen LogP contribution in [-0.2, 0) is 0 Å². The summed E-state index contributed by atoms with van der Waals surface area (Å²) in [5, 5.41) is 3.25. The molecule has 24 heavy (non-hydrogen) atoms. The number of nitrogens with one attached hydrogen (secondary N) is 1. The van der Waals surface area contributed by atoms with E-state index in [0.717, 1.165) is 32.1 Å². The number of nitrogens with zero attached hydrogens (tertiary/aromatic N) is 3. The number of hydrogen-bond acceptors (Lipinski definition) is 3. The van der Waals surface area contributed by atoms with Crippen molar-refractivity contribution in [1.82, 2.24) is 20.0 Å². The molecular formula is C19H34N4O. The Balaban J connectivity index is 1.26. The van der Waals surface area contributed by atoms with Crippen LogP contribution in [0.5, 0.6) is 0 Å². The number of urea groups is 1. The van der Waals surface area contributed by atoms with E-state index in [1.165, 1.54) is 45.2 Å². The SMILES string of the molecule is CC(C)N1[C@H]2CC[C@H]1CN(C(=O)NC[C@@H]1CCN(C3CC3)C1)CC2. The second-order valence-corrected chi connectivity index (χ2v) is 8.73. The summed E-state index contributed by atoms with van der Waals surface area (Å²) in [5.41, 5.74) is 0. The smallest absolute Gasteiger partial charge is 0.317 e. The third kappa shape index (κ3) is 3.43. The van der Waals surface area contributed by atoms with E-state index in [4.69, 9.17) is 0 Å². The fraction of sp³-hybridized carbons (Fsp3) is 0.947. The normalized spacial score (nSPS) is 34.8. The van der Waals surface area contributed by atoms with Crippen molar-refractivity contribution in [3.8, 4) is 0 Å². The Morgan fingerprint density at radius 3 is 2.46 bits per heavy atom. The van der Waals surface area contributed by atoms with Crippen LogP contribution in [0.2, 0.25) is 0 Å². The van der Waals surface area contributed by atoms with Crippen LogP contribution >= 0.6 is 0 Å². The molecular weight excluding hydrogens is 300 g/mol. The third-order valence-electron chi connectivity index (χ3n) is 6.65. The minimum atomic E-state index is 0.177. The minimum Gasteiger partial charge on any atom is -0.338 e. The van der Waals surface area contributed by atoms with Crippen molar-refractivity contribution in [2.75, 3.05) is 32.7 Å². The zero-order valence-electron chi connectivity index (χ0n) is 15.4. The van der Waals surface area contributed by atoms with E-state index in [1.54, 1.807) is 0 Å². The number of carbonyl (C=O) groups is 1. The van der Waals surface area contributed by atoms with Gasteiger partial charge in [0.1, 0.15) is 0 Å². The van der Waals surface area contributed by atoms with Gasteiger partial charge in [0.15, 0.2) is 0 Å². The molecule has 0 radical (unpaired) electrons. The van der Waals surface area contributed by atoms with Crippen molar-refractivity contribution in [3.05, 3.63) is 0 Å². The molecule has 0 spiro atoms. The van der Waals surface area contributed by atoms with Crippen LogP contribution in [0.1, 0.15) is 52.4 Å². The lowest BCUT2D eigenvalue weighted by molar-refractivity contribution is 0.147. The molecule has 4 aliphatic rings. The lowest BCUT2D eigenvalue weighted by Gasteiger charge is -2.32. The molecule has 3 heterocycles. The first-order chi connectivity index (χ1) is 11.6. The van der Waals surface area contributed by atoms with Crippen LogP contribution in [0.4, 0.5) is 4.79 Å². The monoisotopic (exact) mass is 334 g/mol. The van der Waals surface area contributed by atoms with Gasteiger partial charge in [-0.3, -0.25) is 4.90 Å². The van der Waals surface area contributed by atoms with Crippen LogP contribution < -0.4 is 5.32 Å². The second-order valence-electron chi connectivity index (χ2n) is 8.73. The fourth-order valence-corrected chi connectivity index (χ4v) is 5.28. The predicted octanol–water partition coefficient (Wildman–Crippen LogP) is 2.13. The number of hydrogen-bond donors (Lipinski definition) is 1. The van der Waals surface area contributed by atoms with E-state index in [9.17, 15) is 4.79 Å². The predicted molar refractivity (Wildman–Crippen MR) is 96.1 cm³/mol. The lowest BCUT2D eigenvalue weighted by Crippen LogP contribution is -2.47. The second kappa shape index (κ2) is 6.83. The highest BCUT2D eigenvalue weighted by Crippen LogP contribution is 2.33. The summed E-state index contributed by atoms with van der Waals surface area (Å²) in [5.74, 6) is 0.658. The average Bonchev–Trinajstić information content (AvgIpc) is 3.19. The Morgan fingerprint density at radius 2 is 1.71 bits per heavy atom. The zero-order valence-corrected chi connectivity index (χ0v) is 15.4. The average molecular weight is 335 g/mol. The van der Waals surface area contributed by atoms with Gasteiger partial charge in [-0.2, -0.15) is 0 Å². The van der Waals surface area contributed by atoms with Gasteiger partial charge < -0.3 is 15.1 Å². The maximum atomic E-state index is 12.7. The molecule has 5 nitrogen and oxygen atoms in total. The highest BCUT2D eigenvalue weighted by atomic mass is 16.2. The number of carbonyl (C=O) groups excluding carboxylic acids is 1. The first-order valence-corrected chi connectivity index (χ1v) is 10.2. The molecule has 0 unspecified atom stereocenters. The molecule has 0 aromatic carbocycles. The Morgan fingerprint density at radius 1 is 0.958 bits per heavy atom. The summed E-state index contributed by atoms with van der Waals surface area (Å²) in [7, 11) is 0. The number of likely N-dealkylation sites (tertiary alicyclic amines) is 2. The van der Waals surface area contributed by atoms with Gasteiger partial charge >= 0.3 is 6.03 Å². The van der Waals surface area contributed by atoms with Crippen LogP contribution in [0.15, 0.2) is 0 Å². The fourth-order valence-electron chi connectivity index (χ4n) is 5.28. The quantitative estimate of drug-likeness (QED) is 0.856. The van der Waals surface area contributed by atoms with Gasteiger partial charge in [0.2, 0.25) is 0 Å². The van der Waals surface area contributed by atoms with Crippen molar-refractivity contribution in [2.24, 2.45) is 5.92 Å². The van der Waals surface area contributed by atoms with E-state index in [2.05, 4.69) is 33.9 Å². The Kier molecular flexibility index (Phi) is 4.74. The van der Waals surface area contributed by atoms with Crippen molar-refractivity contribution in [3.63, 3.8) is 0 Å². The highest BCUT2D eigenvalue weighted by Gasteiger charge is 2.39. The lowest BCUT2D eigenvalue weighted by atomic mass is 10.1. The van der Waals surface area contributed by atoms with Gasteiger partial charge in [0.25, 0.3) is 0 Å². The molecule has 2 bridgehead atoms. The molecule has 5 heteroatoms. The zero-order chi connectivity index (χ0) is 16.7. The van der Waals surface area contributed by atoms with Crippen LogP contribution in [-0.4, -0.2) is 77.6 Å². The summed E-state index contributed by atoms with van der Waals surface area (Å²) in [6.07, 6.45) is 7.75. The standard InChI is InChI=1S/C19H34N4O/c1-14(2)23-17-5-6-18(23)13-22(10-8-17)19(24)20-11-15-7-9-21(12-15)16-3-4-16/h14-18H,3-13H2,1-2H3,(H,20,24)/t15-,17-,18-/m0/s1. The molecule has 3 saturated heterocycles. The summed E-state index contributed by atoms with van der Waals surface area (Å²) < 4.78 is 0. The third-order valence-corrected chi connectivity index (χ3v) is 6.65. The van der Waals surface area contributed by atoms with E-state index in [0.29, 0.717) is 24.0 Å². The number of amides is 2. The molecule has 1 aliphatic carbocycles. The molecule has 0 aromatic heterocycles. The molecule has 1 saturated carbocycles. The Labute approximate surface area is 146 Å². The van der Waals surface area contributed by atoms with E-state index < -0.39 is 0 Å². The van der Waals surface area contributed by atoms with Crippen LogP contribution in [0.3, 0.4) is 0 Å². The van der Waals surface area contributed by atoms with Crippen LogP contribution in [0.25, 0.3) is 0 Å². The van der Waals surface area contributed by atoms with Gasteiger partial charge in [-0.15, -0.1) is 0 Å². The molecule has 0 aromatic rings. The topological polar surface area (TPSA) is 38.8 Å². The molecule has 4 rings (SSSR count). The van der Waals surface area contributed by atoms with Gasteiger partial charge in [0, 0.05) is 50.3 Å². The van der Waals surface area contributed by atoms with Crippen molar-refractivity contribution >= 4 is 6.03 Å². The van der Waals surface area contributed by atoms with Gasteiger partial charge in [-0.1, -0.05) is 0 Å². The molecule has 3 atom stereocenters. The van der Waals surface area contributed by atoms with E-state index in [-0.39, 0.29) is 6.03 Å².